The van der Waals surface area contributed by atoms with Gasteiger partial charge in [-0.3, -0.25) is 4.90 Å². The summed E-state index contributed by atoms with van der Waals surface area (Å²) in [7, 11) is 4.52. The molecule has 132 valence electrons. The Balaban J connectivity index is 0.00000132. The summed E-state index contributed by atoms with van der Waals surface area (Å²) in [6.07, 6.45) is 9.56. The van der Waals surface area contributed by atoms with Crippen LogP contribution in [0.3, 0.4) is 0 Å². The molecule has 3 rings (SSSR count). The first kappa shape index (κ1) is 20.8. The summed E-state index contributed by atoms with van der Waals surface area (Å²) in [6.45, 7) is 2.68. The summed E-state index contributed by atoms with van der Waals surface area (Å²) in [4.78, 5) is 5.24. The predicted octanol–water partition coefficient (Wildman–Crippen LogP) is 4.72. The van der Waals surface area contributed by atoms with Gasteiger partial charge in [-0.15, -0.1) is 24.8 Å². The van der Waals surface area contributed by atoms with E-state index in [0.717, 1.165) is 6.04 Å². The number of nitrogens with zero attached hydrogens (tertiary/aromatic N) is 2. The second-order valence-electron chi connectivity index (χ2n) is 7.12. The fourth-order valence-corrected chi connectivity index (χ4v) is 4.47. The summed E-state index contributed by atoms with van der Waals surface area (Å²) in [6, 6.07) is 12.0. The minimum Gasteiger partial charge on any atom is -0.300 e. The lowest BCUT2D eigenvalue weighted by molar-refractivity contribution is 0.0423. The zero-order chi connectivity index (χ0) is 14.7. The molecule has 0 unspecified atom stereocenters. The quantitative estimate of drug-likeness (QED) is 0.771. The molecule has 1 saturated heterocycles. The third-order valence-electron chi connectivity index (χ3n) is 5.86. The van der Waals surface area contributed by atoms with Gasteiger partial charge in [0, 0.05) is 11.6 Å². The van der Waals surface area contributed by atoms with Crippen LogP contribution >= 0.6 is 24.8 Å². The van der Waals surface area contributed by atoms with Crippen molar-refractivity contribution in [1.82, 2.24) is 9.80 Å². The van der Waals surface area contributed by atoms with Crippen LogP contribution in [0.1, 0.15) is 50.5 Å². The third-order valence-corrected chi connectivity index (χ3v) is 5.86. The molecule has 0 aromatic heterocycles. The number of hydrogen-bond donors (Lipinski definition) is 0. The van der Waals surface area contributed by atoms with Crippen LogP contribution in [0.25, 0.3) is 0 Å². The van der Waals surface area contributed by atoms with Crippen molar-refractivity contribution in [2.75, 3.05) is 27.2 Å². The topological polar surface area (TPSA) is 6.48 Å². The molecule has 0 radical (unpaired) electrons. The van der Waals surface area contributed by atoms with E-state index in [0.29, 0.717) is 0 Å². The van der Waals surface area contributed by atoms with Crippen LogP contribution in [0.5, 0.6) is 0 Å². The molecule has 1 heterocycles. The number of hydrogen-bond acceptors (Lipinski definition) is 2. The Kier molecular flexibility index (Phi) is 8.37. The average Bonchev–Trinajstić information content (AvgIpc) is 2.56. The van der Waals surface area contributed by atoms with Crippen molar-refractivity contribution >= 4 is 24.8 Å². The van der Waals surface area contributed by atoms with E-state index < -0.39 is 0 Å². The molecule has 0 amide bonds. The molecule has 2 nitrogen and oxygen atoms in total. The van der Waals surface area contributed by atoms with Gasteiger partial charge in [-0.1, -0.05) is 36.8 Å². The number of benzene rings is 1. The van der Waals surface area contributed by atoms with Gasteiger partial charge in [0.25, 0.3) is 0 Å². The second-order valence-corrected chi connectivity index (χ2v) is 7.12. The van der Waals surface area contributed by atoms with E-state index in [-0.39, 0.29) is 30.4 Å². The molecule has 2 aliphatic rings. The molecule has 1 aliphatic carbocycles. The second kappa shape index (κ2) is 9.27. The molecule has 2 fully saturated rings. The van der Waals surface area contributed by atoms with Gasteiger partial charge in [-0.2, -0.15) is 0 Å². The van der Waals surface area contributed by atoms with Crippen LogP contribution in [0.4, 0.5) is 0 Å². The number of piperidine rings is 1. The molecule has 1 saturated carbocycles. The van der Waals surface area contributed by atoms with Crippen LogP contribution < -0.4 is 0 Å². The smallest absolute Gasteiger partial charge is 0.0455 e. The van der Waals surface area contributed by atoms with E-state index in [1.54, 1.807) is 0 Å². The highest BCUT2D eigenvalue weighted by Gasteiger charge is 2.39. The van der Waals surface area contributed by atoms with Gasteiger partial charge in [0.05, 0.1) is 0 Å². The van der Waals surface area contributed by atoms with Crippen molar-refractivity contribution in [3.05, 3.63) is 35.9 Å². The maximum Gasteiger partial charge on any atom is 0.0455 e. The Labute approximate surface area is 154 Å². The Morgan fingerprint density at radius 1 is 0.913 bits per heavy atom. The predicted molar refractivity (Wildman–Crippen MR) is 104 cm³/mol. The van der Waals surface area contributed by atoms with Crippen molar-refractivity contribution in [2.45, 2.75) is 56.5 Å². The molecule has 1 aromatic rings. The monoisotopic (exact) mass is 358 g/mol. The Bertz CT molecular complexity index is 436. The van der Waals surface area contributed by atoms with E-state index in [2.05, 4.69) is 54.2 Å². The number of rotatable bonds is 3. The molecule has 0 atom stereocenters. The van der Waals surface area contributed by atoms with Crippen LogP contribution in [-0.4, -0.2) is 43.0 Å². The van der Waals surface area contributed by atoms with E-state index in [4.69, 9.17) is 0 Å². The summed E-state index contributed by atoms with van der Waals surface area (Å²) < 4.78 is 0. The van der Waals surface area contributed by atoms with E-state index in [1.807, 2.05) is 0 Å². The molecule has 23 heavy (non-hydrogen) atoms. The summed E-state index contributed by atoms with van der Waals surface area (Å²) in [5.41, 5.74) is 1.76. The lowest BCUT2D eigenvalue weighted by atomic mass is 9.73. The normalized spacial score (nSPS) is 28.7. The Morgan fingerprint density at radius 2 is 1.48 bits per heavy atom. The van der Waals surface area contributed by atoms with E-state index in [1.165, 1.54) is 63.6 Å². The van der Waals surface area contributed by atoms with Crippen LogP contribution in [0.2, 0.25) is 0 Å². The van der Waals surface area contributed by atoms with Gasteiger partial charge in [0.15, 0.2) is 0 Å². The summed E-state index contributed by atoms with van der Waals surface area (Å²) in [5, 5.41) is 0. The summed E-state index contributed by atoms with van der Waals surface area (Å²) >= 11 is 0. The first-order chi connectivity index (χ1) is 10.2. The standard InChI is InChI=1S/C19H30N2.2ClH/c1-20(2)19(17-9-5-3-6-10-17)13-11-18(12-14-19)21-15-7-4-8-16-21;;/h3,5-6,9-10,18H,4,7-8,11-16H2,1-2H3;2*1H. The first-order valence-corrected chi connectivity index (χ1v) is 8.69. The summed E-state index contributed by atoms with van der Waals surface area (Å²) in [5.74, 6) is 0. The third kappa shape index (κ3) is 4.42. The molecule has 0 spiro atoms. The molecule has 0 N–H and O–H groups in total. The lowest BCUT2D eigenvalue weighted by Gasteiger charge is -2.48. The maximum atomic E-state index is 2.77. The SMILES string of the molecule is CN(C)C1(c2ccccc2)CCC(N2CCCCC2)CC1.Cl.Cl. The van der Waals surface area contributed by atoms with Gasteiger partial charge >= 0.3 is 0 Å². The van der Waals surface area contributed by atoms with E-state index >= 15 is 0 Å². The van der Waals surface area contributed by atoms with E-state index in [9.17, 15) is 0 Å². The largest absolute Gasteiger partial charge is 0.300 e. The van der Waals surface area contributed by atoms with Gasteiger partial charge in [0.2, 0.25) is 0 Å². The van der Waals surface area contributed by atoms with Crippen molar-refractivity contribution in [1.29, 1.82) is 0 Å². The molecule has 0 bridgehead atoms. The molecule has 1 aliphatic heterocycles. The van der Waals surface area contributed by atoms with Crippen molar-refractivity contribution < 1.29 is 0 Å². The minimum atomic E-state index is 0. The van der Waals surface area contributed by atoms with Gasteiger partial charge < -0.3 is 4.90 Å². The van der Waals surface area contributed by atoms with Gasteiger partial charge in [0.1, 0.15) is 0 Å². The fraction of sp³-hybridized carbons (Fsp3) is 0.684. The molecule has 4 heteroatoms. The van der Waals surface area contributed by atoms with Crippen molar-refractivity contribution in [3.8, 4) is 0 Å². The van der Waals surface area contributed by atoms with Gasteiger partial charge in [-0.25, -0.2) is 0 Å². The molecular weight excluding hydrogens is 327 g/mol. The van der Waals surface area contributed by atoms with Crippen molar-refractivity contribution in [2.24, 2.45) is 0 Å². The lowest BCUT2D eigenvalue weighted by Crippen LogP contribution is -2.49. The Morgan fingerprint density at radius 3 is 2.00 bits per heavy atom. The van der Waals surface area contributed by atoms with Crippen LogP contribution in [-0.2, 0) is 5.54 Å². The molecule has 1 aromatic carbocycles. The fourth-order valence-electron chi connectivity index (χ4n) is 4.47. The highest BCUT2D eigenvalue weighted by atomic mass is 35.5. The number of halogens is 2. The van der Waals surface area contributed by atoms with Crippen molar-refractivity contribution in [3.63, 3.8) is 0 Å². The Hall–Kier alpha value is -0.280. The van der Waals surface area contributed by atoms with Gasteiger partial charge in [-0.05, 0) is 71.3 Å². The van der Waals surface area contributed by atoms with Crippen LogP contribution in [0, 0.1) is 0 Å². The maximum absolute atomic E-state index is 2.77. The number of likely N-dealkylation sites (tertiary alicyclic amines) is 1. The first-order valence-electron chi connectivity index (χ1n) is 8.69. The highest BCUT2D eigenvalue weighted by Crippen LogP contribution is 2.42. The average molecular weight is 359 g/mol. The minimum absolute atomic E-state index is 0. The zero-order valence-corrected chi connectivity index (χ0v) is 16.2. The zero-order valence-electron chi connectivity index (χ0n) is 14.5. The molecular formula is C19H32Cl2N2. The van der Waals surface area contributed by atoms with Crippen LogP contribution in [0.15, 0.2) is 30.3 Å². The highest BCUT2D eigenvalue weighted by molar-refractivity contribution is 5.85.